The van der Waals surface area contributed by atoms with Gasteiger partial charge in [0, 0.05) is 16.6 Å². The molecule has 1 aromatic heterocycles. The van der Waals surface area contributed by atoms with E-state index in [4.69, 9.17) is 4.42 Å². The van der Waals surface area contributed by atoms with Gasteiger partial charge in [0.1, 0.15) is 11.4 Å². The molecule has 5 nitrogen and oxygen atoms in total. The summed E-state index contributed by atoms with van der Waals surface area (Å²) in [6.45, 7) is 1.88. The number of amides is 2. The Bertz CT molecular complexity index is 1390. The van der Waals surface area contributed by atoms with Crippen LogP contribution in [-0.2, 0) is 17.4 Å². The summed E-state index contributed by atoms with van der Waals surface area (Å²) in [6, 6.07) is 13.4. The summed E-state index contributed by atoms with van der Waals surface area (Å²) in [6.07, 6.45) is -3.62. The predicted octanol–water partition coefficient (Wildman–Crippen LogP) is 6.33. The number of anilines is 2. The highest BCUT2D eigenvalue weighted by atomic mass is 19.4. The molecule has 2 N–H and O–H groups in total. The van der Waals surface area contributed by atoms with Crippen molar-refractivity contribution < 1.29 is 31.6 Å². The van der Waals surface area contributed by atoms with Crippen LogP contribution >= 0.6 is 0 Å². The summed E-state index contributed by atoms with van der Waals surface area (Å²) in [5.74, 6) is -2.37. The molecule has 0 atom stereocenters. The number of furan rings is 1. The van der Waals surface area contributed by atoms with E-state index in [1.165, 1.54) is 30.5 Å². The fourth-order valence-electron chi connectivity index (χ4n) is 3.50. The average molecular weight is 470 g/mol. The van der Waals surface area contributed by atoms with Crippen LogP contribution in [0.25, 0.3) is 11.0 Å². The molecule has 0 aliphatic heterocycles. The van der Waals surface area contributed by atoms with Gasteiger partial charge in [-0.25, -0.2) is 4.39 Å². The molecule has 34 heavy (non-hydrogen) atoms. The summed E-state index contributed by atoms with van der Waals surface area (Å²) < 4.78 is 60.3. The van der Waals surface area contributed by atoms with Gasteiger partial charge in [0.2, 0.25) is 5.91 Å². The van der Waals surface area contributed by atoms with Crippen molar-refractivity contribution in [2.24, 2.45) is 0 Å². The number of carbonyl (C=O) groups is 2. The van der Waals surface area contributed by atoms with Gasteiger partial charge in [-0.3, -0.25) is 9.59 Å². The van der Waals surface area contributed by atoms with Gasteiger partial charge in [-0.2, -0.15) is 13.2 Å². The zero-order valence-electron chi connectivity index (χ0n) is 17.8. The van der Waals surface area contributed by atoms with E-state index >= 15 is 0 Å². The van der Waals surface area contributed by atoms with Crippen molar-refractivity contribution in [1.82, 2.24) is 0 Å². The number of alkyl halides is 3. The second kappa shape index (κ2) is 9.01. The van der Waals surface area contributed by atoms with Crippen LogP contribution in [0.2, 0.25) is 0 Å². The van der Waals surface area contributed by atoms with Gasteiger partial charge in [-0.05, 0) is 48.9 Å². The van der Waals surface area contributed by atoms with Crippen LogP contribution in [0.4, 0.5) is 28.9 Å². The molecule has 3 aromatic carbocycles. The molecule has 9 heteroatoms. The topological polar surface area (TPSA) is 71.3 Å². The molecule has 0 fully saturated rings. The first-order valence-corrected chi connectivity index (χ1v) is 10.2. The van der Waals surface area contributed by atoms with Crippen molar-refractivity contribution in [3.05, 3.63) is 95.0 Å². The van der Waals surface area contributed by atoms with E-state index in [0.29, 0.717) is 22.6 Å². The first-order valence-electron chi connectivity index (χ1n) is 10.2. The summed E-state index contributed by atoms with van der Waals surface area (Å²) in [5.41, 5.74) is -0.0472. The van der Waals surface area contributed by atoms with E-state index in [-0.39, 0.29) is 17.7 Å². The van der Waals surface area contributed by atoms with Crippen LogP contribution in [0, 0.1) is 12.7 Å². The molecule has 0 aliphatic carbocycles. The largest absolute Gasteiger partial charge is 0.464 e. The molecule has 4 aromatic rings. The number of halogens is 4. The van der Waals surface area contributed by atoms with Crippen molar-refractivity contribution in [3.63, 3.8) is 0 Å². The van der Waals surface area contributed by atoms with Gasteiger partial charge in [0.25, 0.3) is 5.91 Å². The molecule has 1 heterocycles. The van der Waals surface area contributed by atoms with Crippen LogP contribution < -0.4 is 10.6 Å². The normalized spacial score (nSPS) is 11.4. The molecule has 4 rings (SSSR count). The van der Waals surface area contributed by atoms with Gasteiger partial charge in [0.15, 0.2) is 0 Å². The highest BCUT2D eigenvalue weighted by Crippen LogP contribution is 2.37. The number of rotatable bonds is 5. The minimum Gasteiger partial charge on any atom is -0.464 e. The van der Waals surface area contributed by atoms with E-state index in [1.54, 1.807) is 12.1 Å². The molecular weight excluding hydrogens is 452 g/mol. The second-order valence-electron chi connectivity index (χ2n) is 7.68. The first-order chi connectivity index (χ1) is 16.1. The summed E-state index contributed by atoms with van der Waals surface area (Å²) in [4.78, 5) is 24.8. The SMILES string of the molecule is Cc1ccc2c(CC(=O)Nc3ccc(NC(=O)c4ccccc4F)cc3C(F)(F)F)coc2c1. The molecule has 0 bridgehead atoms. The van der Waals surface area contributed by atoms with Gasteiger partial charge in [-0.15, -0.1) is 0 Å². The molecule has 0 aliphatic rings. The van der Waals surface area contributed by atoms with Gasteiger partial charge < -0.3 is 15.1 Å². The molecule has 0 spiro atoms. The Balaban J connectivity index is 1.54. The Hall–Kier alpha value is -4.14. The third kappa shape index (κ3) is 4.93. The van der Waals surface area contributed by atoms with E-state index in [0.717, 1.165) is 17.7 Å². The van der Waals surface area contributed by atoms with Crippen molar-refractivity contribution >= 4 is 34.2 Å². The lowest BCUT2D eigenvalue weighted by molar-refractivity contribution is -0.136. The van der Waals surface area contributed by atoms with Crippen LogP contribution in [-0.4, -0.2) is 11.8 Å². The molecule has 0 saturated heterocycles. The molecular formula is C25H18F4N2O3. The number of nitrogens with one attached hydrogen (secondary N) is 2. The highest BCUT2D eigenvalue weighted by Gasteiger charge is 2.34. The second-order valence-corrected chi connectivity index (χ2v) is 7.68. The zero-order valence-corrected chi connectivity index (χ0v) is 17.8. The van der Waals surface area contributed by atoms with Crippen molar-refractivity contribution in [1.29, 1.82) is 0 Å². The van der Waals surface area contributed by atoms with Crippen LogP contribution in [0.3, 0.4) is 0 Å². The Labute approximate surface area is 191 Å². The predicted molar refractivity (Wildman–Crippen MR) is 119 cm³/mol. The molecule has 0 radical (unpaired) electrons. The van der Waals surface area contributed by atoms with Crippen molar-refractivity contribution in [3.8, 4) is 0 Å². The average Bonchev–Trinajstić information content (AvgIpc) is 3.15. The first kappa shape index (κ1) is 23.0. The van der Waals surface area contributed by atoms with Crippen LogP contribution in [0.5, 0.6) is 0 Å². The number of hydrogen-bond donors (Lipinski definition) is 2. The molecule has 174 valence electrons. The highest BCUT2D eigenvalue weighted by molar-refractivity contribution is 6.04. The Morgan fingerprint density at radius 3 is 2.47 bits per heavy atom. The standard InChI is InChI=1S/C25H18F4N2O3/c1-14-6-8-17-15(13-34-22(17)10-14)11-23(32)31-21-9-7-16(12-19(21)25(27,28)29)30-24(33)18-4-2-3-5-20(18)26/h2-10,12-13H,11H2,1H3,(H,30,33)(H,31,32). The molecule has 2 amide bonds. The van der Waals surface area contributed by atoms with E-state index in [2.05, 4.69) is 10.6 Å². The zero-order chi connectivity index (χ0) is 24.5. The quantitative estimate of drug-likeness (QED) is 0.335. The lowest BCUT2D eigenvalue weighted by Crippen LogP contribution is -2.19. The number of fused-ring (bicyclic) bond motifs is 1. The summed E-state index contributed by atoms with van der Waals surface area (Å²) in [5, 5.41) is 5.23. The molecule has 0 unspecified atom stereocenters. The van der Waals surface area contributed by atoms with Crippen molar-refractivity contribution in [2.75, 3.05) is 10.6 Å². The lowest BCUT2D eigenvalue weighted by atomic mass is 10.1. The Kier molecular flexibility index (Phi) is 6.10. The van der Waals surface area contributed by atoms with Gasteiger partial charge in [-0.1, -0.05) is 24.3 Å². The Morgan fingerprint density at radius 2 is 1.74 bits per heavy atom. The monoisotopic (exact) mass is 470 g/mol. The smallest absolute Gasteiger partial charge is 0.418 e. The minimum absolute atomic E-state index is 0.195. The summed E-state index contributed by atoms with van der Waals surface area (Å²) >= 11 is 0. The minimum atomic E-state index is -4.82. The number of hydrogen-bond acceptors (Lipinski definition) is 3. The van der Waals surface area contributed by atoms with Crippen LogP contribution in [0.15, 0.2) is 71.3 Å². The maximum atomic E-state index is 13.8. The molecule has 0 saturated carbocycles. The van der Waals surface area contributed by atoms with Gasteiger partial charge >= 0.3 is 6.18 Å². The van der Waals surface area contributed by atoms with Crippen LogP contribution in [0.1, 0.15) is 27.0 Å². The fraction of sp³-hybridized carbons (Fsp3) is 0.120. The van der Waals surface area contributed by atoms with Crippen molar-refractivity contribution in [2.45, 2.75) is 19.5 Å². The number of carbonyl (C=O) groups excluding carboxylic acids is 2. The van der Waals surface area contributed by atoms with E-state index in [1.807, 2.05) is 13.0 Å². The number of aryl methyl sites for hydroxylation is 1. The maximum Gasteiger partial charge on any atom is 0.418 e. The summed E-state index contributed by atoms with van der Waals surface area (Å²) in [7, 11) is 0. The number of benzene rings is 3. The Morgan fingerprint density at radius 1 is 0.971 bits per heavy atom. The van der Waals surface area contributed by atoms with E-state index < -0.39 is 35.1 Å². The van der Waals surface area contributed by atoms with E-state index in [9.17, 15) is 27.2 Å². The third-order valence-electron chi connectivity index (χ3n) is 5.14. The third-order valence-corrected chi connectivity index (χ3v) is 5.14. The maximum absolute atomic E-state index is 13.8. The fourth-order valence-corrected chi connectivity index (χ4v) is 3.50. The van der Waals surface area contributed by atoms with Gasteiger partial charge in [0.05, 0.1) is 29.5 Å². The lowest BCUT2D eigenvalue weighted by Gasteiger charge is -2.16.